The zero-order valence-corrected chi connectivity index (χ0v) is 14.0. The zero-order chi connectivity index (χ0) is 15.8. The summed E-state index contributed by atoms with van der Waals surface area (Å²) in [5.41, 5.74) is 6.69. The smallest absolute Gasteiger partial charge is 0.222 e. The lowest BCUT2D eigenvalue weighted by molar-refractivity contribution is -0.122. The number of amides is 1. The predicted octanol–water partition coefficient (Wildman–Crippen LogP) is 3.08. The molecule has 0 saturated heterocycles. The van der Waals surface area contributed by atoms with Crippen LogP contribution in [0.2, 0.25) is 0 Å². The SMILES string of the molecule is CC(N)CC(=O)NC(COc1ccccc1)c1ccccc1.Cl. The highest BCUT2D eigenvalue weighted by molar-refractivity contribution is 5.85. The summed E-state index contributed by atoms with van der Waals surface area (Å²) in [4.78, 5) is 12.0. The van der Waals surface area contributed by atoms with Gasteiger partial charge in [-0.3, -0.25) is 4.79 Å². The first-order valence-electron chi connectivity index (χ1n) is 7.43. The monoisotopic (exact) mass is 334 g/mol. The molecule has 0 aliphatic carbocycles. The summed E-state index contributed by atoms with van der Waals surface area (Å²) in [7, 11) is 0. The number of carbonyl (C=O) groups is 1. The Labute approximate surface area is 143 Å². The number of benzene rings is 2. The number of carbonyl (C=O) groups excluding carboxylic acids is 1. The molecule has 0 radical (unpaired) electrons. The Morgan fingerprint density at radius 2 is 1.65 bits per heavy atom. The molecule has 2 rings (SSSR count). The summed E-state index contributed by atoms with van der Waals surface area (Å²) in [5, 5.41) is 2.99. The lowest BCUT2D eigenvalue weighted by atomic mass is 10.1. The van der Waals surface area contributed by atoms with Gasteiger partial charge in [-0.05, 0) is 24.6 Å². The number of hydrogen-bond acceptors (Lipinski definition) is 3. The van der Waals surface area contributed by atoms with E-state index in [-0.39, 0.29) is 30.4 Å². The van der Waals surface area contributed by atoms with E-state index in [1.807, 2.05) is 67.6 Å². The molecule has 23 heavy (non-hydrogen) atoms. The molecule has 2 unspecified atom stereocenters. The number of para-hydroxylation sites is 1. The zero-order valence-electron chi connectivity index (χ0n) is 13.1. The van der Waals surface area contributed by atoms with Crippen molar-refractivity contribution >= 4 is 18.3 Å². The lowest BCUT2D eigenvalue weighted by Gasteiger charge is -2.20. The quantitative estimate of drug-likeness (QED) is 0.817. The van der Waals surface area contributed by atoms with Crippen LogP contribution in [0.3, 0.4) is 0 Å². The highest BCUT2D eigenvalue weighted by Crippen LogP contribution is 2.16. The van der Waals surface area contributed by atoms with E-state index < -0.39 is 0 Å². The topological polar surface area (TPSA) is 64.4 Å². The molecule has 0 heterocycles. The summed E-state index contributed by atoms with van der Waals surface area (Å²) in [5.74, 6) is 0.713. The van der Waals surface area contributed by atoms with Crippen LogP contribution in [0.5, 0.6) is 5.75 Å². The number of halogens is 1. The molecule has 124 valence electrons. The Morgan fingerprint density at radius 1 is 1.09 bits per heavy atom. The fourth-order valence-corrected chi connectivity index (χ4v) is 2.15. The second-order valence-corrected chi connectivity index (χ2v) is 5.34. The molecule has 0 spiro atoms. The molecule has 4 nitrogen and oxygen atoms in total. The number of nitrogens with one attached hydrogen (secondary N) is 1. The standard InChI is InChI=1S/C18H22N2O2.ClH/c1-14(19)12-18(21)20-17(15-8-4-2-5-9-15)13-22-16-10-6-3-7-11-16;/h2-11,14,17H,12-13,19H2,1H3,(H,20,21);1H. The van der Waals surface area contributed by atoms with Crippen molar-refractivity contribution in [2.75, 3.05) is 6.61 Å². The summed E-state index contributed by atoms with van der Waals surface area (Å²) < 4.78 is 5.78. The Morgan fingerprint density at radius 3 is 2.22 bits per heavy atom. The average molecular weight is 335 g/mol. The number of hydrogen-bond donors (Lipinski definition) is 2. The first-order chi connectivity index (χ1) is 10.6. The first-order valence-corrected chi connectivity index (χ1v) is 7.43. The van der Waals surface area contributed by atoms with E-state index in [0.717, 1.165) is 11.3 Å². The molecule has 0 aromatic heterocycles. The van der Waals surface area contributed by atoms with Gasteiger partial charge in [0.1, 0.15) is 12.4 Å². The van der Waals surface area contributed by atoms with Crippen molar-refractivity contribution in [1.82, 2.24) is 5.32 Å². The van der Waals surface area contributed by atoms with Crippen molar-refractivity contribution in [2.24, 2.45) is 5.73 Å². The summed E-state index contributed by atoms with van der Waals surface area (Å²) in [6.45, 7) is 2.19. The molecule has 3 N–H and O–H groups in total. The van der Waals surface area contributed by atoms with Crippen LogP contribution in [0.15, 0.2) is 60.7 Å². The van der Waals surface area contributed by atoms with Crippen molar-refractivity contribution in [1.29, 1.82) is 0 Å². The van der Waals surface area contributed by atoms with Crippen molar-refractivity contribution in [3.63, 3.8) is 0 Å². The van der Waals surface area contributed by atoms with E-state index in [4.69, 9.17) is 10.5 Å². The van der Waals surface area contributed by atoms with Crippen LogP contribution < -0.4 is 15.8 Å². The molecule has 2 aromatic carbocycles. The van der Waals surface area contributed by atoms with E-state index in [9.17, 15) is 4.79 Å². The van der Waals surface area contributed by atoms with E-state index in [2.05, 4.69) is 5.32 Å². The minimum absolute atomic E-state index is 0. The van der Waals surface area contributed by atoms with Gasteiger partial charge in [0.05, 0.1) is 6.04 Å². The molecular formula is C18H23ClN2O2. The third kappa shape index (κ3) is 6.72. The first kappa shape index (κ1) is 19.0. The maximum absolute atomic E-state index is 12.0. The molecule has 2 aromatic rings. The minimum Gasteiger partial charge on any atom is -0.491 e. The van der Waals surface area contributed by atoms with Crippen molar-refractivity contribution in [2.45, 2.75) is 25.4 Å². The third-order valence-corrected chi connectivity index (χ3v) is 3.20. The van der Waals surface area contributed by atoms with Gasteiger partial charge in [0.2, 0.25) is 5.91 Å². The van der Waals surface area contributed by atoms with Gasteiger partial charge in [-0.1, -0.05) is 48.5 Å². The lowest BCUT2D eigenvalue weighted by Crippen LogP contribution is -2.35. The maximum atomic E-state index is 12.0. The van der Waals surface area contributed by atoms with Gasteiger partial charge >= 0.3 is 0 Å². The number of ether oxygens (including phenoxy) is 1. The minimum atomic E-state index is -0.201. The molecule has 1 amide bonds. The Balaban J connectivity index is 0.00000264. The van der Waals surface area contributed by atoms with Gasteiger partial charge in [0.25, 0.3) is 0 Å². The predicted molar refractivity (Wildman–Crippen MR) is 94.8 cm³/mol. The molecule has 0 fully saturated rings. The van der Waals surface area contributed by atoms with Crippen molar-refractivity contribution in [3.05, 3.63) is 66.2 Å². The molecule has 0 saturated carbocycles. The van der Waals surface area contributed by atoms with Crippen LogP contribution in [0, 0.1) is 0 Å². The highest BCUT2D eigenvalue weighted by Gasteiger charge is 2.16. The molecule has 0 bridgehead atoms. The van der Waals surface area contributed by atoms with Gasteiger partial charge in [0, 0.05) is 12.5 Å². The maximum Gasteiger partial charge on any atom is 0.222 e. The molecule has 0 aliphatic heterocycles. The highest BCUT2D eigenvalue weighted by atomic mass is 35.5. The average Bonchev–Trinajstić information content (AvgIpc) is 2.52. The van der Waals surface area contributed by atoms with Crippen molar-refractivity contribution < 1.29 is 9.53 Å². The van der Waals surface area contributed by atoms with Crippen LogP contribution in [0.4, 0.5) is 0 Å². The van der Waals surface area contributed by atoms with Gasteiger partial charge in [-0.15, -0.1) is 12.4 Å². The van der Waals surface area contributed by atoms with Gasteiger partial charge in [-0.25, -0.2) is 0 Å². The molecule has 5 heteroatoms. The molecule has 2 atom stereocenters. The van der Waals surface area contributed by atoms with E-state index in [1.54, 1.807) is 0 Å². The molecule has 0 aliphatic rings. The second kappa shape index (κ2) is 9.87. The van der Waals surface area contributed by atoms with Gasteiger partial charge in [-0.2, -0.15) is 0 Å². The van der Waals surface area contributed by atoms with Crippen LogP contribution in [-0.2, 0) is 4.79 Å². The summed E-state index contributed by atoms with van der Waals surface area (Å²) in [6.07, 6.45) is 0.300. The van der Waals surface area contributed by atoms with E-state index >= 15 is 0 Å². The van der Waals surface area contributed by atoms with E-state index in [1.165, 1.54) is 0 Å². The fraction of sp³-hybridized carbons (Fsp3) is 0.278. The largest absolute Gasteiger partial charge is 0.491 e. The van der Waals surface area contributed by atoms with Crippen molar-refractivity contribution in [3.8, 4) is 5.75 Å². The van der Waals surface area contributed by atoms with Crippen LogP contribution in [0.1, 0.15) is 24.9 Å². The van der Waals surface area contributed by atoms with Crippen LogP contribution in [0.25, 0.3) is 0 Å². The van der Waals surface area contributed by atoms with Gasteiger partial charge in [0.15, 0.2) is 0 Å². The van der Waals surface area contributed by atoms with E-state index in [0.29, 0.717) is 13.0 Å². The summed E-state index contributed by atoms with van der Waals surface area (Å²) in [6, 6.07) is 19.0. The molecular weight excluding hydrogens is 312 g/mol. The Kier molecular flexibility index (Phi) is 8.16. The third-order valence-electron chi connectivity index (χ3n) is 3.20. The van der Waals surface area contributed by atoms with Crippen LogP contribution >= 0.6 is 12.4 Å². The Bertz CT molecular complexity index is 576. The van der Waals surface area contributed by atoms with Crippen LogP contribution in [-0.4, -0.2) is 18.6 Å². The second-order valence-electron chi connectivity index (χ2n) is 5.34. The normalized spacial score (nSPS) is 12.6. The Hall–Kier alpha value is -2.04. The number of rotatable bonds is 7. The van der Waals surface area contributed by atoms with Gasteiger partial charge < -0.3 is 15.8 Å². The number of nitrogens with two attached hydrogens (primary N) is 1. The fourth-order valence-electron chi connectivity index (χ4n) is 2.15. The summed E-state index contributed by atoms with van der Waals surface area (Å²) >= 11 is 0.